The first kappa shape index (κ1) is 14.3. The number of benzene rings is 2. The molecule has 0 fully saturated rings. The number of nitrogens with zero attached hydrogens (tertiary/aromatic N) is 2. The van der Waals surface area contributed by atoms with Crippen LogP contribution >= 0.6 is 0 Å². The van der Waals surface area contributed by atoms with Gasteiger partial charge in [0.2, 0.25) is 0 Å². The average Bonchev–Trinajstić information content (AvgIpc) is 2.36. The highest BCUT2D eigenvalue weighted by atomic mass is 16.3. The van der Waals surface area contributed by atoms with Crippen molar-refractivity contribution in [2.45, 2.75) is 33.6 Å². The number of aryl methyl sites for hydroxylation is 2. The van der Waals surface area contributed by atoms with Crippen molar-refractivity contribution in [3.8, 4) is 5.75 Å². The number of phenols is 1. The molecule has 0 bridgehead atoms. The largest absolute Gasteiger partial charge is 0.506 e. The Labute approximate surface area is 120 Å². The average molecular weight is 268 g/mol. The summed E-state index contributed by atoms with van der Waals surface area (Å²) in [7, 11) is 0. The van der Waals surface area contributed by atoms with E-state index in [2.05, 4.69) is 30.1 Å². The SMILES string of the molecule is Cc1cc(C)cc(N=Nc2cc(C(C)C)ccc2O)c1. The minimum atomic E-state index is 0.155. The highest BCUT2D eigenvalue weighted by Crippen LogP contribution is 2.31. The van der Waals surface area contributed by atoms with Gasteiger partial charge in [0.15, 0.2) is 0 Å². The van der Waals surface area contributed by atoms with Gasteiger partial charge in [0.05, 0.1) is 5.69 Å². The maximum absolute atomic E-state index is 9.85. The highest BCUT2D eigenvalue weighted by Gasteiger charge is 2.05. The van der Waals surface area contributed by atoms with E-state index in [1.165, 1.54) is 0 Å². The fourth-order valence-electron chi connectivity index (χ4n) is 2.10. The molecular formula is C17H20N2O. The lowest BCUT2D eigenvalue weighted by atomic mass is 10.0. The van der Waals surface area contributed by atoms with Gasteiger partial charge in [-0.1, -0.05) is 26.0 Å². The highest BCUT2D eigenvalue weighted by molar-refractivity contribution is 5.53. The second-order valence-corrected chi connectivity index (χ2v) is 5.45. The van der Waals surface area contributed by atoms with E-state index in [0.29, 0.717) is 11.6 Å². The number of rotatable bonds is 3. The molecule has 0 aliphatic heterocycles. The van der Waals surface area contributed by atoms with Crippen molar-refractivity contribution in [3.63, 3.8) is 0 Å². The lowest BCUT2D eigenvalue weighted by Crippen LogP contribution is -1.85. The summed E-state index contributed by atoms with van der Waals surface area (Å²) in [5, 5.41) is 18.3. The zero-order valence-corrected chi connectivity index (χ0v) is 12.4. The van der Waals surface area contributed by atoms with Crippen molar-refractivity contribution < 1.29 is 5.11 Å². The molecule has 0 amide bonds. The molecule has 0 radical (unpaired) electrons. The molecular weight excluding hydrogens is 248 g/mol. The first-order chi connectivity index (χ1) is 9.45. The standard InChI is InChI=1S/C17H20N2O/c1-11(2)14-5-6-17(20)16(10-14)19-18-15-8-12(3)7-13(4)9-15/h5-11,20H,1-4H3. The number of aromatic hydroxyl groups is 1. The molecule has 0 saturated carbocycles. The Bertz CT molecular complexity index is 625. The van der Waals surface area contributed by atoms with Crippen LogP contribution in [0.1, 0.15) is 36.5 Å². The maximum atomic E-state index is 9.85. The van der Waals surface area contributed by atoms with Crippen molar-refractivity contribution in [2.24, 2.45) is 10.2 Å². The molecule has 0 atom stereocenters. The molecule has 20 heavy (non-hydrogen) atoms. The molecule has 0 aromatic heterocycles. The normalized spacial score (nSPS) is 11.4. The van der Waals surface area contributed by atoms with E-state index in [9.17, 15) is 5.11 Å². The van der Waals surface area contributed by atoms with Gasteiger partial charge in [-0.25, -0.2) is 0 Å². The summed E-state index contributed by atoms with van der Waals surface area (Å²) in [6.45, 7) is 8.28. The third kappa shape index (κ3) is 3.44. The summed E-state index contributed by atoms with van der Waals surface area (Å²) in [6, 6.07) is 11.5. The molecule has 0 aliphatic carbocycles. The van der Waals surface area contributed by atoms with E-state index in [1.54, 1.807) is 6.07 Å². The van der Waals surface area contributed by atoms with Crippen LogP contribution in [0.3, 0.4) is 0 Å². The first-order valence-electron chi connectivity index (χ1n) is 6.78. The summed E-state index contributed by atoms with van der Waals surface area (Å²) in [5.74, 6) is 0.549. The van der Waals surface area contributed by atoms with Crippen molar-refractivity contribution in [2.75, 3.05) is 0 Å². The lowest BCUT2D eigenvalue weighted by molar-refractivity contribution is 0.476. The fourth-order valence-corrected chi connectivity index (χ4v) is 2.10. The molecule has 0 spiro atoms. The van der Waals surface area contributed by atoms with E-state index in [-0.39, 0.29) is 5.75 Å². The molecule has 3 heteroatoms. The van der Waals surface area contributed by atoms with Crippen molar-refractivity contribution in [1.82, 2.24) is 0 Å². The van der Waals surface area contributed by atoms with Crippen LogP contribution in [-0.2, 0) is 0 Å². The third-order valence-electron chi connectivity index (χ3n) is 3.15. The van der Waals surface area contributed by atoms with Gasteiger partial charge in [-0.3, -0.25) is 0 Å². The zero-order valence-electron chi connectivity index (χ0n) is 12.4. The monoisotopic (exact) mass is 268 g/mol. The van der Waals surface area contributed by atoms with Crippen LogP contribution < -0.4 is 0 Å². The molecule has 1 N–H and O–H groups in total. The molecule has 3 nitrogen and oxygen atoms in total. The number of hydrogen-bond donors (Lipinski definition) is 1. The molecule has 2 aromatic rings. The van der Waals surface area contributed by atoms with Crippen LogP contribution in [0.4, 0.5) is 11.4 Å². The van der Waals surface area contributed by atoms with Crippen LogP contribution in [0.15, 0.2) is 46.6 Å². The van der Waals surface area contributed by atoms with Gasteiger partial charge in [-0.05, 0) is 60.7 Å². The molecule has 2 rings (SSSR count). The van der Waals surface area contributed by atoms with Gasteiger partial charge >= 0.3 is 0 Å². The van der Waals surface area contributed by atoms with Crippen molar-refractivity contribution >= 4 is 11.4 Å². The Morgan fingerprint density at radius 1 is 0.900 bits per heavy atom. The van der Waals surface area contributed by atoms with Gasteiger partial charge in [0.25, 0.3) is 0 Å². The van der Waals surface area contributed by atoms with E-state index >= 15 is 0 Å². The van der Waals surface area contributed by atoms with E-state index in [1.807, 2.05) is 38.1 Å². The minimum absolute atomic E-state index is 0.155. The van der Waals surface area contributed by atoms with Gasteiger partial charge in [-0.15, -0.1) is 5.11 Å². The molecule has 104 valence electrons. The fraction of sp³-hybridized carbons (Fsp3) is 0.294. The Hall–Kier alpha value is -2.16. The molecule has 0 unspecified atom stereocenters. The van der Waals surface area contributed by atoms with Crippen molar-refractivity contribution in [1.29, 1.82) is 0 Å². The molecule has 0 heterocycles. The topological polar surface area (TPSA) is 45.0 Å². The molecule has 0 saturated heterocycles. The summed E-state index contributed by atoms with van der Waals surface area (Å²) in [5.41, 5.74) is 4.75. The van der Waals surface area contributed by atoms with Gasteiger partial charge in [0, 0.05) is 0 Å². The van der Waals surface area contributed by atoms with Gasteiger partial charge in [0.1, 0.15) is 11.4 Å². The van der Waals surface area contributed by atoms with Gasteiger partial charge in [-0.2, -0.15) is 5.11 Å². The second-order valence-electron chi connectivity index (χ2n) is 5.45. The zero-order chi connectivity index (χ0) is 14.7. The first-order valence-corrected chi connectivity index (χ1v) is 6.78. The Balaban J connectivity index is 2.33. The van der Waals surface area contributed by atoms with E-state index < -0.39 is 0 Å². The van der Waals surface area contributed by atoms with Crippen LogP contribution in [-0.4, -0.2) is 5.11 Å². The number of hydrogen-bond acceptors (Lipinski definition) is 3. The predicted molar refractivity (Wildman–Crippen MR) is 82.3 cm³/mol. The van der Waals surface area contributed by atoms with Crippen LogP contribution in [0.2, 0.25) is 0 Å². The third-order valence-corrected chi connectivity index (χ3v) is 3.15. The van der Waals surface area contributed by atoms with E-state index in [4.69, 9.17) is 0 Å². The van der Waals surface area contributed by atoms with Crippen LogP contribution in [0.25, 0.3) is 0 Å². The summed E-state index contributed by atoms with van der Waals surface area (Å²) in [6.07, 6.45) is 0. The van der Waals surface area contributed by atoms with E-state index in [0.717, 1.165) is 22.4 Å². The predicted octanol–water partition coefficient (Wildman–Crippen LogP) is 5.55. The Kier molecular flexibility index (Phi) is 4.18. The van der Waals surface area contributed by atoms with Crippen LogP contribution in [0.5, 0.6) is 5.75 Å². The van der Waals surface area contributed by atoms with Gasteiger partial charge < -0.3 is 5.11 Å². The number of azo groups is 1. The quantitative estimate of drug-likeness (QED) is 0.729. The number of phenolic OH excluding ortho intramolecular Hbond substituents is 1. The lowest BCUT2D eigenvalue weighted by Gasteiger charge is -2.06. The summed E-state index contributed by atoms with van der Waals surface area (Å²) < 4.78 is 0. The Morgan fingerprint density at radius 2 is 1.55 bits per heavy atom. The minimum Gasteiger partial charge on any atom is -0.506 e. The van der Waals surface area contributed by atoms with Crippen molar-refractivity contribution in [3.05, 3.63) is 53.1 Å². The van der Waals surface area contributed by atoms with Crippen LogP contribution in [0, 0.1) is 13.8 Å². The maximum Gasteiger partial charge on any atom is 0.143 e. The Morgan fingerprint density at radius 3 is 2.15 bits per heavy atom. The summed E-state index contributed by atoms with van der Waals surface area (Å²) >= 11 is 0. The smallest absolute Gasteiger partial charge is 0.143 e. The molecule has 0 aliphatic rings. The molecule has 2 aromatic carbocycles. The second kappa shape index (κ2) is 5.87. The summed E-state index contributed by atoms with van der Waals surface area (Å²) in [4.78, 5) is 0.